The zero-order valence-corrected chi connectivity index (χ0v) is 20.5. The Morgan fingerprint density at radius 1 is 0.514 bits per heavy atom. The van der Waals surface area contributed by atoms with Crippen molar-refractivity contribution < 1.29 is 9.59 Å². The lowest BCUT2D eigenvalue weighted by Crippen LogP contribution is -2.23. The first-order valence-electron chi connectivity index (χ1n) is 12.0. The van der Waals surface area contributed by atoms with Crippen molar-refractivity contribution in [2.75, 3.05) is 9.80 Å². The van der Waals surface area contributed by atoms with Gasteiger partial charge in [-0.1, -0.05) is 66.7 Å². The van der Waals surface area contributed by atoms with Crippen molar-refractivity contribution in [3.05, 3.63) is 137 Å². The van der Waals surface area contributed by atoms with Crippen LogP contribution in [0.2, 0.25) is 0 Å². The van der Waals surface area contributed by atoms with Crippen LogP contribution in [0.1, 0.15) is 25.6 Å². The number of rotatable bonds is 3. The van der Waals surface area contributed by atoms with Gasteiger partial charge in [0.15, 0.2) is 11.6 Å². The summed E-state index contributed by atoms with van der Waals surface area (Å²) in [5.74, 6) is -0.412. The van der Waals surface area contributed by atoms with Crippen molar-refractivity contribution in [3.63, 3.8) is 0 Å². The number of nitrogens with zero attached hydrogens (tertiary/aromatic N) is 2. The summed E-state index contributed by atoms with van der Waals surface area (Å²) in [6.07, 6.45) is 1.73. The number of benzene rings is 4. The molecule has 4 nitrogen and oxygen atoms in total. The van der Waals surface area contributed by atoms with Crippen molar-refractivity contribution in [2.24, 2.45) is 0 Å². The Labute approximate surface area is 218 Å². The van der Waals surface area contributed by atoms with E-state index in [-0.39, 0.29) is 17.1 Å². The first kappa shape index (κ1) is 21.5. The number of thiophene rings is 1. The zero-order valence-electron chi connectivity index (χ0n) is 19.7. The van der Waals surface area contributed by atoms with E-state index >= 15 is 0 Å². The molecule has 0 atom stereocenters. The standard InChI is InChI=1S/C32H20N2O2S/c35-31-23-12-4-5-13-24(23)32(36)25(31)20-22-18-19-30(37-22)34-28-16-8-6-14-26(28)33(21-10-2-1-3-11-21)27-15-7-9-17-29(27)34/h1-20H. The SMILES string of the molecule is O=C1C(=Cc2ccc(N3c4ccccc4N(c4ccccc4)c4ccccc43)s2)C(=O)c2ccccc21. The Morgan fingerprint density at radius 2 is 1.00 bits per heavy atom. The molecule has 2 aliphatic rings. The monoisotopic (exact) mass is 496 g/mol. The van der Waals surface area contributed by atoms with Gasteiger partial charge < -0.3 is 4.90 Å². The van der Waals surface area contributed by atoms with E-state index in [1.54, 1.807) is 41.7 Å². The fraction of sp³-hybridized carbons (Fsp3) is 0. The Balaban J connectivity index is 1.33. The largest absolute Gasteiger partial charge is 0.306 e. The summed E-state index contributed by atoms with van der Waals surface area (Å²) in [6, 6.07) is 38.1. The van der Waals surface area contributed by atoms with E-state index in [1.807, 2.05) is 24.3 Å². The number of ketones is 2. The van der Waals surface area contributed by atoms with Crippen LogP contribution in [0.25, 0.3) is 6.08 Å². The fourth-order valence-electron chi connectivity index (χ4n) is 5.12. The van der Waals surface area contributed by atoms with Crippen LogP contribution >= 0.6 is 11.3 Å². The number of fused-ring (bicyclic) bond motifs is 3. The summed E-state index contributed by atoms with van der Waals surface area (Å²) in [7, 11) is 0. The topological polar surface area (TPSA) is 40.6 Å². The van der Waals surface area contributed by atoms with Gasteiger partial charge in [-0.25, -0.2) is 0 Å². The van der Waals surface area contributed by atoms with E-state index in [4.69, 9.17) is 0 Å². The van der Waals surface area contributed by atoms with E-state index in [9.17, 15) is 9.59 Å². The number of hydrogen-bond donors (Lipinski definition) is 0. The average Bonchev–Trinajstić information content (AvgIpc) is 3.51. The molecule has 1 aliphatic heterocycles. The smallest absolute Gasteiger partial charge is 0.197 e. The number of anilines is 6. The lowest BCUT2D eigenvalue weighted by atomic mass is 10.1. The number of carbonyl (C=O) groups excluding carboxylic acids is 2. The molecule has 1 aliphatic carbocycles. The Morgan fingerprint density at radius 3 is 1.57 bits per heavy atom. The van der Waals surface area contributed by atoms with Gasteiger partial charge in [0.05, 0.1) is 28.3 Å². The maximum absolute atomic E-state index is 12.9. The normalized spacial score (nSPS) is 13.9. The number of allylic oxidation sites excluding steroid dienone is 1. The third kappa shape index (κ3) is 3.36. The van der Waals surface area contributed by atoms with Gasteiger partial charge in [-0.3, -0.25) is 14.5 Å². The minimum atomic E-state index is -0.206. The minimum Gasteiger partial charge on any atom is -0.306 e. The molecule has 0 unspecified atom stereocenters. The number of para-hydroxylation sites is 5. The highest BCUT2D eigenvalue weighted by Crippen LogP contribution is 2.54. The lowest BCUT2D eigenvalue weighted by Gasteiger charge is -2.39. The Kier molecular flexibility index (Phi) is 4.91. The third-order valence-corrected chi connectivity index (χ3v) is 7.78. The van der Waals surface area contributed by atoms with Crippen LogP contribution in [-0.4, -0.2) is 11.6 Å². The molecule has 0 amide bonds. The van der Waals surface area contributed by atoms with Crippen molar-refractivity contribution >= 4 is 62.4 Å². The van der Waals surface area contributed by atoms with Gasteiger partial charge >= 0.3 is 0 Å². The summed E-state index contributed by atoms with van der Waals surface area (Å²) in [6.45, 7) is 0. The van der Waals surface area contributed by atoms with E-state index in [0.717, 1.165) is 38.3 Å². The van der Waals surface area contributed by atoms with E-state index in [1.165, 1.54) is 0 Å². The van der Waals surface area contributed by atoms with Crippen LogP contribution in [0, 0.1) is 0 Å². The molecule has 2 heterocycles. The molecule has 1 aromatic heterocycles. The van der Waals surface area contributed by atoms with Crippen molar-refractivity contribution in [1.29, 1.82) is 0 Å². The molecule has 0 saturated carbocycles. The molecule has 0 radical (unpaired) electrons. The molecule has 7 rings (SSSR count). The number of hydrogen-bond acceptors (Lipinski definition) is 5. The predicted molar refractivity (Wildman–Crippen MR) is 150 cm³/mol. The lowest BCUT2D eigenvalue weighted by molar-refractivity contribution is 0.0990. The second kappa shape index (κ2) is 8.43. The van der Waals surface area contributed by atoms with Crippen molar-refractivity contribution in [1.82, 2.24) is 0 Å². The van der Waals surface area contributed by atoms with Gasteiger partial charge in [0.1, 0.15) is 5.00 Å². The first-order chi connectivity index (χ1) is 18.2. The summed E-state index contributed by atoms with van der Waals surface area (Å²) in [5, 5.41) is 1.01. The van der Waals surface area contributed by atoms with Gasteiger partial charge in [0.2, 0.25) is 0 Å². The zero-order chi connectivity index (χ0) is 24.9. The Bertz CT molecular complexity index is 1650. The summed E-state index contributed by atoms with van der Waals surface area (Å²) in [4.78, 5) is 31.2. The second-order valence-electron chi connectivity index (χ2n) is 8.92. The molecule has 176 valence electrons. The van der Waals surface area contributed by atoms with Crippen molar-refractivity contribution in [3.8, 4) is 0 Å². The average molecular weight is 497 g/mol. The van der Waals surface area contributed by atoms with Crippen LogP contribution in [0.5, 0.6) is 0 Å². The van der Waals surface area contributed by atoms with Crippen LogP contribution in [0.4, 0.5) is 33.4 Å². The van der Waals surface area contributed by atoms with Crippen molar-refractivity contribution in [2.45, 2.75) is 0 Å². The molecular formula is C32H20N2O2S. The van der Waals surface area contributed by atoms with Crippen LogP contribution < -0.4 is 9.80 Å². The Hall–Kier alpha value is -4.74. The molecule has 0 N–H and O–H groups in total. The molecule has 4 aromatic carbocycles. The molecule has 0 fully saturated rings. The van der Waals surface area contributed by atoms with Crippen LogP contribution in [-0.2, 0) is 0 Å². The maximum Gasteiger partial charge on any atom is 0.197 e. The van der Waals surface area contributed by atoms with E-state index < -0.39 is 0 Å². The quantitative estimate of drug-likeness (QED) is 0.182. The highest BCUT2D eigenvalue weighted by molar-refractivity contribution is 7.17. The highest BCUT2D eigenvalue weighted by Gasteiger charge is 2.33. The fourth-order valence-corrected chi connectivity index (χ4v) is 6.10. The van der Waals surface area contributed by atoms with Crippen LogP contribution in [0.3, 0.4) is 0 Å². The second-order valence-corrected chi connectivity index (χ2v) is 10.0. The first-order valence-corrected chi connectivity index (χ1v) is 12.9. The van der Waals surface area contributed by atoms with Gasteiger partial charge in [-0.2, -0.15) is 0 Å². The maximum atomic E-state index is 12.9. The molecule has 0 bridgehead atoms. The molecular weight excluding hydrogens is 476 g/mol. The summed E-state index contributed by atoms with van der Waals surface area (Å²) < 4.78 is 0. The van der Waals surface area contributed by atoms with E-state index in [0.29, 0.717) is 11.1 Å². The summed E-state index contributed by atoms with van der Waals surface area (Å²) in [5.41, 5.74) is 6.57. The molecule has 0 spiro atoms. The van der Waals surface area contributed by atoms with E-state index in [2.05, 4.69) is 76.5 Å². The molecule has 5 aromatic rings. The molecule has 37 heavy (non-hydrogen) atoms. The predicted octanol–water partition coefficient (Wildman–Crippen LogP) is 8.46. The van der Waals surface area contributed by atoms with Crippen LogP contribution in [0.15, 0.2) is 121 Å². The summed E-state index contributed by atoms with van der Waals surface area (Å²) >= 11 is 1.56. The molecule has 0 saturated heterocycles. The van der Waals surface area contributed by atoms with Gasteiger partial charge in [-0.05, 0) is 54.6 Å². The minimum absolute atomic E-state index is 0.206. The van der Waals surface area contributed by atoms with Gasteiger partial charge in [0.25, 0.3) is 0 Å². The highest BCUT2D eigenvalue weighted by atomic mass is 32.1. The third-order valence-electron chi connectivity index (χ3n) is 6.77. The number of carbonyl (C=O) groups is 2. The van der Waals surface area contributed by atoms with Gasteiger partial charge in [0, 0.05) is 21.7 Å². The number of Topliss-reactive ketones (excluding diaryl/α,β-unsaturated/α-hetero) is 2. The van der Waals surface area contributed by atoms with Gasteiger partial charge in [-0.15, -0.1) is 11.3 Å². The molecule has 5 heteroatoms.